The third kappa shape index (κ3) is 1.41. The van der Waals surface area contributed by atoms with Crippen LogP contribution in [0, 0.1) is 0 Å². The van der Waals surface area contributed by atoms with Crippen LogP contribution in [0.2, 0.25) is 0 Å². The Morgan fingerprint density at radius 1 is 1.17 bits per heavy atom. The van der Waals surface area contributed by atoms with Gasteiger partial charge in [0.05, 0.1) is 0 Å². The van der Waals surface area contributed by atoms with Gasteiger partial charge >= 0.3 is 5.69 Å². The molecule has 0 atom stereocenters. The number of aromatic amines is 4. The highest BCUT2D eigenvalue weighted by Gasteiger charge is 2.12. The molecule has 0 amide bonds. The molecule has 3 heterocycles. The molecule has 0 aliphatic rings. The van der Waals surface area contributed by atoms with E-state index in [1.54, 1.807) is 7.05 Å². The number of hydrogen-bond acceptors (Lipinski definition) is 4. The van der Waals surface area contributed by atoms with Crippen LogP contribution in [0.15, 0.2) is 20.4 Å². The number of aromatic nitrogens is 6. The largest absolute Gasteiger partial charge is 0.331 e. The maximum Gasteiger partial charge on any atom is 0.327 e. The van der Waals surface area contributed by atoms with Crippen molar-refractivity contribution in [3.8, 4) is 11.5 Å². The molecule has 3 aromatic heterocycles. The fraction of sp³-hybridized carbons (Fsp3) is 0.111. The Kier molecular flexibility index (Phi) is 1.91. The average molecular weight is 248 g/mol. The Bertz CT molecular complexity index is 905. The maximum atomic E-state index is 11.5. The van der Waals surface area contributed by atoms with E-state index in [0.29, 0.717) is 11.5 Å². The van der Waals surface area contributed by atoms with Crippen LogP contribution in [0.1, 0.15) is 0 Å². The first kappa shape index (κ1) is 10.3. The number of imidazole rings is 1. The molecule has 0 spiro atoms. The average Bonchev–Trinajstić information content (AvgIpc) is 2.81. The van der Waals surface area contributed by atoms with Crippen LogP contribution in [0.25, 0.3) is 22.7 Å². The summed E-state index contributed by atoms with van der Waals surface area (Å²) in [6.45, 7) is 0. The zero-order chi connectivity index (χ0) is 12.9. The number of nitrogens with one attached hydrogen (secondary N) is 4. The number of nitrogens with zero attached hydrogens (tertiary/aromatic N) is 2. The monoisotopic (exact) mass is 248 g/mol. The lowest BCUT2D eigenvalue weighted by atomic mass is 10.4. The summed E-state index contributed by atoms with van der Waals surface area (Å²) in [5.41, 5.74) is -0.695. The SMILES string of the molecule is Cn1[nH]c(=O)cc1-c1nc2[nH]c(=O)[nH]c(=O)c2[nH]1. The van der Waals surface area contributed by atoms with Crippen molar-refractivity contribution >= 4 is 11.2 Å². The minimum absolute atomic E-state index is 0.146. The number of aryl methyl sites for hydroxylation is 1. The summed E-state index contributed by atoms with van der Waals surface area (Å²) in [7, 11) is 1.64. The smallest absolute Gasteiger partial charge is 0.327 e. The second-order valence-electron chi connectivity index (χ2n) is 3.78. The first-order chi connectivity index (χ1) is 8.54. The molecule has 0 bridgehead atoms. The summed E-state index contributed by atoms with van der Waals surface area (Å²) < 4.78 is 1.46. The normalized spacial score (nSPS) is 11.2. The predicted molar refractivity (Wildman–Crippen MR) is 62.4 cm³/mol. The predicted octanol–water partition coefficient (Wildman–Crippen LogP) is -1.37. The zero-order valence-corrected chi connectivity index (χ0v) is 9.20. The second-order valence-corrected chi connectivity index (χ2v) is 3.78. The van der Waals surface area contributed by atoms with Crippen LogP contribution < -0.4 is 16.8 Å². The van der Waals surface area contributed by atoms with E-state index in [-0.39, 0.29) is 16.7 Å². The van der Waals surface area contributed by atoms with Gasteiger partial charge in [0.15, 0.2) is 11.5 Å². The van der Waals surface area contributed by atoms with Gasteiger partial charge in [-0.05, 0) is 0 Å². The Balaban J connectivity index is 2.35. The van der Waals surface area contributed by atoms with Gasteiger partial charge in [0.25, 0.3) is 11.1 Å². The summed E-state index contributed by atoms with van der Waals surface area (Å²) in [5.74, 6) is 0.318. The first-order valence-electron chi connectivity index (χ1n) is 5.03. The molecule has 92 valence electrons. The number of H-pyrrole nitrogens is 4. The molecule has 0 aromatic carbocycles. The lowest BCUT2D eigenvalue weighted by Crippen LogP contribution is -2.21. The summed E-state index contributed by atoms with van der Waals surface area (Å²) in [4.78, 5) is 45.1. The molecule has 0 saturated heterocycles. The standard InChI is InChI=1S/C9H8N6O3/c1-15-3(2-4(16)14-15)6-10-5-7(11-6)12-9(18)13-8(5)17/h2H,1H3,(H,14,16)(H3,10,11,12,13,17,18). The van der Waals surface area contributed by atoms with Crippen molar-refractivity contribution in [1.29, 1.82) is 0 Å². The molecule has 0 radical (unpaired) electrons. The van der Waals surface area contributed by atoms with Gasteiger partial charge in [-0.25, -0.2) is 9.78 Å². The van der Waals surface area contributed by atoms with E-state index < -0.39 is 11.2 Å². The van der Waals surface area contributed by atoms with Gasteiger partial charge in [-0.2, -0.15) is 0 Å². The Morgan fingerprint density at radius 2 is 1.94 bits per heavy atom. The van der Waals surface area contributed by atoms with Crippen LogP contribution >= 0.6 is 0 Å². The van der Waals surface area contributed by atoms with Gasteiger partial charge in [-0.15, -0.1) is 0 Å². The molecule has 3 rings (SSSR count). The van der Waals surface area contributed by atoms with Gasteiger partial charge < -0.3 is 4.98 Å². The van der Waals surface area contributed by atoms with Gasteiger partial charge in [-0.3, -0.25) is 29.3 Å². The molecule has 0 aliphatic carbocycles. The minimum atomic E-state index is -0.631. The van der Waals surface area contributed by atoms with E-state index in [1.807, 2.05) is 0 Å². The van der Waals surface area contributed by atoms with Crippen molar-refractivity contribution < 1.29 is 0 Å². The third-order valence-corrected chi connectivity index (χ3v) is 2.54. The summed E-state index contributed by atoms with van der Waals surface area (Å²) in [6, 6.07) is 1.34. The fourth-order valence-electron chi connectivity index (χ4n) is 1.76. The molecule has 18 heavy (non-hydrogen) atoms. The summed E-state index contributed by atoms with van der Waals surface area (Å²) in [5, 5.41) is 2.52. The fourth-order valence-corrected chi connectivity index (χ4v) is 1.76. The van der Waals surface area contributed by atoms with Gasteiger partial charge in [0, 0.05) is 13.1 Å². The van der Waals surface area contributed by atoms with Crippen molar-refractivity contribution in [2.45, 2.75) is 0 Å². The van der Waals surface area contributed by atoms with Crippen LogP contribution in [-0.4, -0.2) is 29.7 Å². The van der Waals surface area contributed by atoms with Gasteiger partial charge in [0.1, 0.15) is 11.2 Å². The van der Waals surface area contributed by atoms with E-state index >= 15 is 0 Å². The van der Waals surface area contributed by atoms with Crippen LogP contribution in [-0.2, 0) is 7.05 Å². The molecular weight excluding hydrogens is 240 g/mol. The molecule has 0 unspecified atom stereocenters. The van der Waals surface area contributed by atoms with E-state index in [1.165, 1.54) is 10.7 Å². The molecule has 4 N–H and O–H groups in total. The van der Waals surface area contributed by atoms with Crippen molar-refractivity contribution in [2.75, 3.05) is 0 Å². The summed E-state index contributed by atoms with van der Waals surface area (Å²) >= 11 is 0. The lowest BCUT2D eigenvalue weighted by Gasteiger charge is -1.95. The van der Waals surface area contributed by atoms with Crippen LogP contribution in [0.3, 0.4) is 0 Å². The van der Waals surface area contributed by atoms with Crippen molar-refractivity contribution in [3.05, 3.63) is 37.3 Å². The van der Waals surface area contributed by atoms with Crippen LogP contribution in [0.5, 0.6) is 0 Å². The van der Waals surface area contributed by atoms with Crippen LogP contribution in [0.4, 0.5) is 0 Å². The Hall–Kier alpha value is -2.84. The molecule has 9 heteroatoms. The molecule has 9 nitrogen and oxygen atoms in total. The highest BCUT2D eigenvalue weighted by atomic mass is 16.2. The number of hydrogen-bond donors (Lipinski definition) is 4. The molecule has 0 saturated carbocycles. The topological polar surface area (TPSA) is 132 Å². The maximum absolute atomic E-state index is 11.5. The van der Waals surface area contributed by atoms with E-state index in [4.69, 9.17) is 0 Å². The van der Waals surface area contributed by atoms with E-state index in [9.17, 15) is 14.4 Å². The molecular formula is C9H8N6O3. The first-order valence-corrected chi connectivity index (χ1v) is 5.03. The van der Waals surface area contributed by atoms with Gasteiger partial charge in [-0.1, -0.05) is 0 Å². The highest BCUT2D eigenvalue weighted by molar-refractivity contribution is 5.73. The van der Waals surface area contributed by atoms with Crippen molar-refractivity contribution in [3.63, 3.8) is 0 Å². The molecule has 3 aromatic rings. The Labute approximate surface area is 97.5 Å². The Morgan fingerprint density at radius 3 is 2.61 bits per heavy atom. The van der Waals surface area contributed by atoms with E-state index in [0.717, 1.165) is 0 Å². The quantitative estimate of drug-likeness (QED) is 0.423. The number of fused-ring (bicyclic) bond motifs is 1. The van der Waals surface area contributed by atoms with Crippen molar-refractivity contribution in [1.82, 2.24) is 29.7 Å². The lowest BCUT2D eigenvalue weighted by molar-refractivity contribution is 0.760. The zero-order valence-electron chi connectivity index (χ0n) is 9.20. The highest BCUT2D eigenvalue weighted by Crippen LogP contribution is 2.14. The van der Waals surface area contributed by atoms with Gasteiger partial charge in [0.2, 0.25) is 0 Å². The number of rotatable bonds is 1. The van der Waals surface area contributed by atoms with E-state index in [2.05, 4.69) is 25.0 Å². The van der Waals surface area contributed by atoms with Crippen molar-refractivity contribution in [2.24, 2.45) is 7.05 Å². The minimum Gasteiger partial charge on any atom is -0.331 e. The molecule has 0 aliphatic heterocycles. The molecule has 0 fully saturated rings. The summed E-state index contributed by atoms with van der Waals surface area (Å²) in [6.07, 6.45) is 0. The third-order valence-electron chi connectivity index (χ3n) is 2.54. The second kappa shape index (κ2) is 3.32.